The Bertz CT molecular complexity index is 3030. The molecule has 0 unspecified atom stereocenters. The Morgan fingerprint density at radius 3 is 1.61 bits per heavy atom. The lowest BCUT2D eigenvalue weighted by Gasteiger charge is -2.11. The fourth-order valence-electron chi connectivity index (χ4n) is 7.66. The molecule has 2 aromatic heterocycles. The van der Waals surface area contributed by atoms with E-state index in [4.69, 9.17) is 11.1 Å². The van der Waals surface area contributed by atoms with E-state index in [0.717, 1.165) is 11.1 Å². The number of nitrogens with zero attached hydrogens (tertiary/aromatic N) is 3. The topological polar surface area (TPSA) is 72.1 Å². The molecule has 56 heavy (non-hydrogen) atoms. The van der Waals surface area contributed by atoms with Crippen molar-refractivity contribution in [2.45, 2.75) is 0 Å². The number of para-hydroxylation sites is 2. The second-order valence-electron chi connectivity index (χ2n) is 13.9. The SMILES string of the molecule is Cn1c2ccccc2c2cc(-c3ccc(-n4c5ccccc5c5ccc(-c6ccccc6)cc54)cc3)ccc21.N=C(N=C(N)c1ccccc1)c1ccccc1. The number of hydrogen-bond donors (Lipinski definition) is 2. The molecule has 0 saturated carbocycles. The van der Waals surface area contributed by atoms with Crippen molar-refractivity contribution < 1.29 is 0 Å². The largest absolute Gasteiger partial charge is 0.383 e. The summed E-state index contributed by atoms with van der Waals surface area (Å²) >= 11 is 0. The number of amidine groups is 2. The van der Waals surface area contributed by atoms with E-state index in [1.165, 1.54) is 71.6 Å². The Labute approximate surface area is 325 Å². The number of aromatic nitrogens is 2. The highest BCUT2D eigenvalue weighted by molar-refractivity contribution is 6.11. The van der Waals surface area contributed by atoms with Crippen LogP contribution in [0.3, 0.4) is 0 Å². The van der Waals surface area contributed by atoms with Crippen LogP contribution in [0.5, 0.6) is 0 Å². The summed E-state index contributed by atoms with van der Waals surface area (Å²) in [5.41, 5.74) is 18.5. The first-order chi connectivity index (χ1) is 27.5. The average molecular weight is 722 g/mol. The molecule has 0 saturated heterocycles. The van der Waals surface area contributed by atoms with Gasteiger partial charge in [0.05, 0.1) is 11.0 Å². The van der Waals surface area contributed by atoms with Crippen molar-refractivity contribution >= 4 is 55.3 Å². The third-order valence-electron chi connectivity index (χ3n) is 10.5. The second kappa shape index (κ2) is 14.7. The van der Waals surface area contributed by atoms with Gasteiger partial charge in [-0.2, -0.15) is 0 Å². The van der Waals surface area contributed by atoms with Gasteiger partial charge in [0, 0.05) is 56.4 Å². The maximum atomic E-state index is 7.84. The van der Waals surface area contributed by atoms with E-state index in [0.29, 0.717) is 5.84 Å². The summed E-state index contributed by atoms with van der Waals surface area (Å²) in [7, 11) is 2.15. The highest BCUT2D eigenvalue weighted by Gasteiger charge is 2.14. The zero-order valence-corrected chi connectivity index (χ0v) is 31.0. The van der Waals surface area contributed by atoms with E-state index in [1.54, 1.807) is 0 Å². The molecule has 5 heteroatoms. The smallest absolute Gasteiger partial charge is 0.154 e. The lowest BCUT2D eigenvalue weighted by atomic mass is 10.0. The average Bonchev–Trinajstić information content (AvgIpc) is 3.75. The fraction of sp³-hybridized carbons (Fsp3) is 0.0196. The predicted molar refractivity (Wildman–Crippen MR) is 236 cm³/mol. The van der Waals surface area contributed by atoms with Crippen LogP contribution >= 0.6 is 0 Å². The van der Waals surface area contributed by atoms with Crippen LogP contribution < -0.4 is 5.73 Å². The van der Waals surface area contributed by atoms with Crippen LogP contribution in [0.2, 0.25) is 0 Å². The maximum Gasteiger partial charge on any atom is 0.154 e. The van der Waals surface area contributed by atoms with Crippen LogP contribution in [0, 0.1) is 5.41 Å². The van der Waals surface area contributed by atoms with Gasteiger partial charge in [0.25, 0.3) is 0 Å². The number of nitrogens with one attached hydrogen (secondary N) is 1. The number of fused-ring (bicyclic) bond motifs is 6. The molecule has 0 spiro atoms. The van der Waals surface area contributed by atoms with E-state index in [1.807, 2.05) is 60.7 Å². The summed E-state index contributed by atoms with van der Waals surface area (Å²) in [6, 6.07) is 69.4. The van der Waals surface area contributed by atoms with Crippen LogP contribution in [0.25, 0.3) is 71.6 Å². The molecular weight excluding hydrogens is 683 g/mol. The molecule has 10 aromatic rings. The third-order valence-corrected chi connectivity index (χ3v) is 10.5. The van der Waals surface area contributed by atoms with E-state index >= 15 is 0 Å². The van der Waals surface area contributed by atoms with Crippen molar-refractivity contribution in [2.75, 3.05) is 0 Å². The standard InChI is InChI=1S/C37H26N2.C14H13N3/c1-38-34-13-7-5-12-31(34)33-23-27(18-22-35(33)38)26-15-19-29(20-16-26)39-36-14-8-6-11-30(36)32-21-17-28(24-37(32)39)25-9-3-2-4-10-25;15-13(11-7-3-1-4-8-11)17-14(16)12-9-5-2-6-10-12/h2-24H,1H3;1-10H,(H3,15,16,17). The normalized spacial score (nSPS) is 11.6. The summed E-state index contributed by atoms with van der Waals surface area (Å²) in [4.78, 5) is 4.10. The van der Waals surface area contributed by atoms with E-state index in [2.05, 4.69) is 161 Å². The zero-order valence-electron chi connectivity index (χ0n) is 31.0. The Hall–Kier alpha value is -7.50. The van der Waals surface area contributed by atoms with Gasteiger partial charge >= 0.3 is 0 Å². The van der Waals surface area contributed by atoms with Crippen molar-refractivity contribution in [3.63, 3.8) is 0 Å². The molecule has 0 radical (unpaired) electrons. The summed E-state index contributed by atoms with van der Waals surface area (Å²) in [5.74, 6) is 0.534. The first-order valence-corrected chi connectivity index (χ1v) is 18.7. The molecule has 3 N–H and O–H groups in total. The van der Waals surface area contributed by atoms with Crippen molar-refractivity contribution in [1.82, 2.24) is 9.13 Å². The predicted octanol–water partition coefficient (Wildman–Crippen LogP) is 12.2. The van der Waals surface area contributed by atoms with Gasteiger partial charge in [0.1, 0.15) is 5.84 Å². The molecule has 8 aromatic carbocycles. The van der Waals surface area contributed by atoms with Gasteiger partial charge < -0.3 is 14.9 Å². The Balaban J connectivity index is 0.000000203. The molecule has 5 nitrogen and oxygen atoms in total. The van der Waals surface area contributed by atoms with Crippen LogP contribution in [-0.4, -0.2) is 20.8 Å². The second-order valence-corrected chi connectivity index (χ2v) is 13.9. The first kappa shape index (κ1) is 34.3. The summed E-state index contributed by atoms with van der Waals surface area (Å²) < 4.78 is 4.68. The highest BCUT2D eigenvalue weighted by Crippen LogP contribution is 2.36. The lowest BCUT2D eigenvalue weighted by Crippen LogP contribution is -2.15. The van der Waals surface area contributed by atoms with Crippen LogP contribution in [-0.2, 0) is 7.05 Å². The minimum absolute atomic E-state index is 0.173. The third kappa shape index (κ3) is 6.42. The molecule has 0 amide bonds. The fourth-order valence-corrected chi connectivity index (χ4v) is 7.66. The molecular formula is C51H39N5. The van der Waals surface area contributed by atoms with Crippen molar-refractivity contribution in [1.29, 1.82) is 5.41 Å². The van der Waals surface area contributed by atoms with Gasteiger partial charge in [-0.15, -0.1) is 0 Å². The summed E-state index contributed by atoms with van der Waals surface area (Å²) in [6.07, 6.45) is 0. The minimum Gasteiger partial charge on any atom is -0.383 e. The van der Waals surface area contributed by atoms with Gasteiger partial charge in [-0.25, -0.2) is 4.99 Å². The number of hydrogen-bond acceptors (Lipinski definition) is 1. The molecule has 0 aliphatic rings. The quantitative estimate of drug-likeness (QED) is 0.135. The number of rotatable bonds is 5. The number of aryl methyl sites for hydroxylation is 1. The van der Waals surface area contributed by atoms with Crippen molar-refractivity contribution in [3.8, 4) is 27.9 Å². The van der Waals surface area contributed by atoms with Crippen molar-refractivity contribution in [2.24, 2.45) is 17.8 Å². The molecule has 2 heterocycles. The van der Waals surface area contributed by atoms with Crippen LogP contribution in [0.4, 0.5) is 0 Å². The maximum absolute atomic E-state index is 7.84. The van der Waals surface area contributed by atoms with Gasteiger partial charge in [0.15, 0.2) is 5.84 Å². The lowest BCUT2D eigenvalue weighted by molar-refractivity contribution is 1.01. The first-order valence-electron chi connectivity index (χ1n) is 18.7. The van der Waals surface area contributed by atoms with Gasteiger partial charge in [0.2, 0.25) is 0 Å². The summed E-state index contributed by atoms with van der Waals surface area (Å²) in [6.45, 7) is 0. The van der Waals surface area contributed by atoms with Gasteiger partial charge in [-0.1, -0.05) is 158 Å². The van der Waals surface area contributed by atoms with E-state index in [-0.39, 0.29) is 5.84 Å². The Morgan fingerprint density at radius 1 is 0.429 bits per heavy atom. The molecule has 0 atom stereocenters. The highest BCUT2D eigenvalue weighted by atomic mass is 15.0. The van der Waals surface area contributed by atoms with E-state index < -0.39 is 0 Å². The number of benzene rings is 8. The van der Waals surface area contributed by atoms with E-state index in [9.17, 15) is 0 Å². The van der Waals surface area contributed by atoms with Crippen LogP contribution in [0.15, 0.2) is 205 Å². The van der Waals surface area contributed by atoms with Gasteiger partial charge in [-0.3, -0.25) is 5.41 Å². The minimum atomic E-state index is 0.173. The zero-order chi connectivity index (χ0) is 38.0. The molecule has 0 aliphatic heterocycles. The molecule has 0 aliphatic carbocycles. The monoisotopic (exact) mass is 721 g/mol. The Kier molecular flexibility index (Phi) is 9.02. The molecule has 10 rings (SSSR count). The Morgan fingerprint density at radius 2 is 0.911 bits per heavy atom. The van der Waals surface area contributed by atoms with Gasteiger partial charge in [-0.05, 0) is 64.7 Å². The molecule has 0 fully saturated rings. The molecule has 0 bridgehead atoms. The number of aliphatic imine (C=N–C) groups is 1. The molecule has 268 valence electrons. The van der Waals surface area contributed by atoms with Crippen molar-refractivity contribution in [3.05, 3.63) is 211 Å². The summed E-state index contributed by atoms with van der Waals surface area (Å²) in [5, 5.41) is 13.0. The van der Waals surface area contributed by atoms with Crippen LogP contribution in [0.1, 0.15) is 11.1 Å². The number of nitrogens with two attached hydrogens (primary N) is 1.